The lowest BCUT2D eigenvalue weighted by atomic mass is 10.1. The second kappa shape index (κ2) is 7.46. The van der Waals surface area contributed by atoms with E-state index in [-0.39, 0.29) is 12.0 Å². The van der Waals surface area contributed by atoms with Crippen molar-refractivity contribution in [3.05, 3.63) is 35.9 Å². The maximum atomic E-state index is 11.7. The Bertz CT molecular complexity index is 412. The molecule has 96 valence electrons. The van der Waals surface area contributed by atoms with E-state index in [1.165, 1.54) is 0 Å². The number of carbonyl (C=O) groups is 1. The van der Waals surface area contributed by atoms with Crippen LogP contribution in [0.15, 0.2) is 30.3 Å². The number of rotatable bonds is 6. The highest BCUT2D eigenvalue weighted by Gasteiger charge is 2.13. The molecular weight excluding hydrogens is 228 g/mol. The molecule has 4 heteroatoms. The van der Waals surface area contributed by atoms with Crippen LogP contribution < -0.4 is 5.32 Å². The Labute approximate surface area is 108 Å². The average molecular weight is 246 g/mol. The van der Waals surface area contributed by atoms with Crippen LogP contribution in [0.5, 0.6) is 0 Å². The maximum Gasteiger partial charge on any atom is 0.221 e. The van der Waals surface area contributed by atoms with Crippen molar-refractivity contribution in [3.8, 4) is 6.07 Å². The number of benzene rings is 1. The number of ether oxygens (including phenoxy) is 1. The third-order valence-corrected chi connectivity index (χ3v) is 2.75. The fourth-order valence-corrected chi connectivity index (χ4v) is 1.52. The van der Waals surface area contributed by atoms with Crippen LogP contribution in [0.3, 0.4) is 0 Å². The number of carbonyl (C=O) groups excluding carboxylic acids is 1. The van der Waals surface area contributed by atoms with Crippen LogP contribution >= 0.6 is 0 Å². The second-order valence-electron chi connectivity index (χ2n) is 4.13. The summed E-state index contributed by atoms with van der Waals surface area (Å²) in [5.74, 6) is -0.130. The van der Waals surface area contributed by atoms with Gasteiger partial charge in [0.1, 0.15) is 6.04 Å². The van der Waals surface area contributed by atoms with Crippen molar-refractivity contribution in [2.45, 2.75) is 31.9 Å². The number of nitrogens with zero attached hydrogens (tertiary/aromatic N) is 1. The molecule has 0 aliphatic carbocycles. The van der Waals surface area contributed by atoms with E-state index in [2.05, 4.69) is 11.4 Å². The quantitative estimate of drug-likeness (QED) is 0.836. The van der Waals surface area contributed by atoms with Gasteiger partial charge in [-0.2, -0.15) is 5.26 Å². The van der Waals surface area contributed by atoms with Gasteiger partial charge in [0.25, 0.3) is 0 Å². The molecule has 0 heterocycles. The Kier molecular flexibility index (Phi) is 5.89. The number of nitriles is 1. The fourth-order valence-electron chi connectivity index (χ4n) is 1.52. The van der Waals surface area contributed by atoms with E-state index < -0.39 is 6.04 Å². The zero-order valence-corrected chi connectivity index (χ0v) is 10.7. The molecule has 0 spiro atoms. The van der Waals surface area contributed by atoms with E-state index in [1.807, 2.05) is 37.3 Å². The molecule has 0 aromatic heterocycles. The van der Waals surface area contributed by atoms with Crippen LogP contribution in [-0.2, 0) is 9.53 Å². The predicted octanol–water partition coefficient (Wildman–Crippen LogP) is 2.18. The summed E-state index contributed by atoms with van der Waals surface area (Å²) in [7, 11) is 1.62. The first kappa shape index (κ1) is 14.2. The topological polar surface area (TPSA) is 62.1 Å². The van der Waals surface area contributed by atoms with E-state index in [4.69, 9.17) is 10.00 Å². The number of methoxy groups -OCH3 is 1. The van der Waals surface area contributed by atoms with Crippen LogP contribution in [0.4, 0.5) is 0 Å². The Morgan fingerprint density at radius 2 is 2.11 bits per heavy atom. The molecule has 2 unspecified atom stereocenters. The fraction of sp³-hybridized carbons (Fsp3) is 0.429. The molecule has 4 nitrogen and oxygen atoms in total. The lowest BCUT2D eigenvalue weighted by molar-refractivity contribution is -0.122. The summed E-state index contributed by atoms with van der Waals surface area (Å²) in [6.45, 7) is 1.91. The molecule has 0 radical (unpaired) electrons. The molecule has 0 fully saturated rings. The van der Waals surface area contributed by atoms with Crippen LogP contribution in [0.1, 0.15) is 31.4 Å². The summed E-state index contributed by atoms with van der Waals surface area (Å²) >= 11 is 0. The van der Waals surface area contributed by atoms with Gasteiger partial charge in [0.05, 0.1) is 12.2 Å². The van der Waals surface area contributed by atoms with Gasteiger partial charge in [-0.3, -0.25) is 4.79 Å². The molecule has 1 amide bonds. The van der Waals surface area contributed by atoms with Gasteiger partial charge in [0.15, 0.2) is 0 Å². The second-order valence-corrected chi connectivity index (χ2v) is 4.13. The largest absolute Gasteiger partial charge is 0.382 e. The average Bonchev–Trinajstić information content (AvgIpc) is 2.43. The zero-order chi connectivity index (χ0) is 13.4. The number of hydrogen-bond donors (Lipinski definition) is 1. The van der Waals surface area contributed by atoms with E-state index >= 15 is 0 Å². The first-order valence-corrected chi connectivity index (χ1v) is 5.94. The molecule has 0 saturated heterocycles. The summed E-state index contributed by atoms with van der Waals surface area (Å²) in [6, 6.07) is 10.7. The number of amides is 1. The first-order valence-electron chi connectivity index (χ1n) is 5.94. The molecular formula is C14H18N2O2. The van der Waals surface area contributed by atoms with Gasteiger partial charge in [-0.1, -0.05) is 30.3 Å². The molecule has 0 aliphatic rings. The van der Waals surface area contributed by atoms with Crippen molar-refractivity contribution in [3.63, 3.8) is 0 Å². The smallest absolute Gasteiger partial charge is 0.221 e. The molecule has 1 aromatic rings. The first-order chi connectivity index (χ1) is 8.67. The predicted molar refractivity (Wildman–Crippen MR) is 68.6 cm³/mol. The highest BCUT2D eigenvalue weighted by Crippen LogP contribution is 2.11. The van der Waals surface area contributed by atoms with E-state index in [1.54, 1.807) is 7.11 Å². The zero-order valence-electron chi connectivity index (χ0n) is 10.7. The maximum absolute atomic E-state index is 11.7. The van der Waals surface area contributed by atoms with Crippen molar-refractivity contribution in [1.82, 2.24) is 5.32 Å². The summed E-state index contributed by atoms with van der Waals surface area (Å²) in [5.41, 5.74) is 0.799. The van der Waals surface area contributed by atoms with Crippen LogP contribution in [0.2, 0.25) is 0 Å². The van der Waals surface area contributed by atoms with E-state index in [0.29, 0.717) is 12.8 Å². The van der Waals surface area contributed by atoms with Crippen molar-refractivity contribution in [2.75, 3.05) is 7.11 Å². The Hall–Kier alpha value is -1.86. The molecule has 0 aliphatic heterocycles. The lowest BCUT2D eigenvalue weighted by Crippen LogP contribution is -2.28. The van der Waals surface area contributed by atoms with Gasteiger partial charge in [-0.25, -0.2) is 0 Å². The summed E-state index contributed by atoms with van der Waals surface area (Å²) in [4.78, 5) is 11.7. The van der Waals surface area contributed by atoms with E-state index in [0.717, 1.165) is 5.56 Å². The standard InChI is InChI=1S/C14H18N2O2/c1-11(18-2)8-9-14(17)16-13(10-15)12-6-4-3-5-7-12/h3-7,11,13H,8-9H2,1-2H3,(H,16,17). The minimum Gasteiger partial charge on any atom is -0.382 e. The highest BCUT2D eigenvalue weighted by molar-refractivity contribution is 5.76. The van der Waals surface area contributed by atoms with Gasteiger partial charge in [0, 0.05) is 13.5 Å². The summed E-state index contributed by atoms with van der Waals surface area (Å²) < 4.78 is 5.07. The van der Waals surface area contributed by atoms with Gasteiger partial charge < -0.3 is 10.1 Å². The van der Waals surface area contributed by atoms with Gasteiger partial charge in [-0.05, 0) is 18.9 Å². The van der Waals surface area contributed by atoms with E-state index in [9.17, 15) is 4.79 Å². The van der Waals surface area contributed by atoms with Gasteiger partial charge in [-0.15, -0.1) is 0 Å². The van der Waals surface area contributed by atoms with Crippen molar-refractivity contribution in [2.24, 2.45) is 0 Å². The van der Waals surface area contributed by atoms with Crippen molar-refractivity contribution >= 4 is 5.91 Å². The molecule has 1 rings (SSSR count). The lowest BCUT2D eigenvalue weighted by Gasteiger charge is -2.13. The molecule has 0 bridgehead atoms. The number of hydrogen-bond acceptors (Lipinski definition) is 3. The molecule has 1 aromatic carbocycles. The third kappa shape index (κ3) is 4.56. The summed E-state index contributed by atoms with van der Waals surface area (Å²) in [5, 5.41) is 11.8. The normalized spacial score (nSPS) is 13.4. The molecule has 2 atom stereocenters. The number of nitrogens with one attached hydrogen (secondary N) is 1. The monoisotopic (exact) mass is 246 g/mol. The highest BCUT2D eigenvalue weighted by atomic mass is 16.5. The molecule has 18 heavy (non-hydrogen) atoms. The van der Waals surface area contributed by atoms with Crippen molar-refractivity contribution in [1.29, 1.82) is 5.26 Å². The Morgan fingerprint density at radius 1 is 1.44 bits per heavy atom. The van der Waals surface area contributed by atoms with Crippen LogP contribution in [-0.4, -0.2) is 19.1 Å². The minimum atomic E-state index is -0.587. The molecule has 1 N–H and O–H groups in total. The summed E-state index contributed by atoms with van der Waals surface area (Å²) in [6.07, 6.45) is 1.06. The van der Waals surface area contributed by atoms with Crippen molar-refractivity contribution < 1.29 is 9.53 Å². The minimum absolute atomic E-state index is 0.0491. The SMILES string of the molecule is COC(C)CCC(=O)NC(C#N)c1ccccc1. The third-order valence-electron chi connectivity index (χ3n) is 2.75. The van der Waals surface area contributed by atoms with Gasteiger partial charge >= 0.3 is 0 Å². The Balaban J connectivity index is 2.50. The van der Waals surface area contributed by atoms with Gasteiger partial charge in [0.2, 0.25) is 5.91 Å². The van der Waals surface area contributed by atoms with Crippen LogP contribution in [0.25, 0.3) is 0 Å². The Morgan fingerprint density at radius 3 is 2.67 bits per heavy atom. The molecule has 0 saturated carbocycles. The van der Waals surface area contributed by atoms with Crippen LogP contribution in [0, 0.1) is 11.3 Å².